The lowest BCUT2D eigenvalue weighted by molar-refractivity contribution is 0.201. The molecule has 6 heteroatoms. The molecule has 0 aliphatic rings. The molecular formula is C16H15ClFNO3. The van der Waals surface area contributed by atoms with E-state index in [0.29, 0.717) is 27.6 Å². The largest absolute Gasteiger partial charge is 0.488 e. The highest BCUT2D eigenvalue weighted by Gasteiger charge is 2.13. The third kappa shape index (κ3) is 3.89. The SMILES string of the molecule is CNC(=O)Oc1cccc(Cl)c1COc1ccc(F)cc1C. The molecule has 2 aromatic carbocycles. The van der Waals surface area contributed by atoms with Gasteiger partial charge in [-0.2, -0.15) is 0 Å². The van der Waals surface area contributed by atoms with Gasteiger partial charge in [0.25, 0.3) is 0 Å². The molecule has 2 aromatic rings. The summed E-state index contributed by atoms with van der Waals surface area (Å²) in [6, 6.07) is 9.21. The van der Waals surface area contributed by atoms with E-state index in [9.17, 15) is 9.18 Å². The molecule has 0 fully saturated rings. The molecule has 116 valence electrons. The zero-order valence-electron chi connectivity index (χ0n) is 12.2. The Bertz CT molecular complexity index is 691. The van der Waals surface area contributed by atoms with Crippen LogP contribution >= 0.6 is 11.6 Å². The zero-order chi connectivity index (χ0) is 16.1. The number of benzene rings is 2. The van der Waals surface area contributed by atoms with Crippen molar-refractivity contribution >= 4 is 17.7 Å². The molecule has 22 heavy (non-hydrogen) atoms. The van der Waals surface area contributed by atoms with Gasteiger partial charge in [-0.3, -0.25) is 0 Å². The Morgan fingerprint density at radius 3 is 2.73 bits per heavy atom. The summed E-state index contributed by atoms with van der Waals surface area (Å²) in [5.74, 6) is 0.519. The lowest BCUT2D eigenvalue weighted by atomic mass is 10.2. The first kappa shape index (κ1) is 16.1. The van der Waals surface area contributed by atoms with Gasteiger partial charge in [0.15, 0.2) is 0 Å². The highest BCUT2D eigenvalue weighted by atomic mass is 35.5. The van der Waals surface area contributed by atoms with E-state index in [4.69, 9.17) is 21.1 Å². The van der Waals surface area contributed by atoms with Crippen molar-refractivity contribution in [1.82, 2.24) is 5.32 Å². The normalized spacial score (nSPS) is 10.2. The van der Waals surface area contributed by atoms with E-state index in [1.54, 1.807) is 31.2 Å². The van der Waals surface area contributed by atoms with E-state index in [-0.39, 0.29) is 12.4 Å². The van der Waals surface area contributed by atoms with Crippen molar-refractivity contribution in [1.29, 1.82) is 0 Å². The van der Waals surface area contributed by atoms with Crippen LogP contribution in [0, 0.1) is 12.7 Å². The predicted octanol–water partition coefficient (Wildman–Crippen LogP) is 4.08. The number of carbonyl (C=O) groups is 1. The monoisotopic (exact) mass is 323 g/mol. The lowest BCUT2D eigenvalue weighted by Crippen LogP contribution is -2.22. The summed E-state index contributed by atoms with van der Waals surface area (Å²) in [7, 11) is 1.46. The Kier molecular flexibility index (Phi) is 5.22. The number of aryl methyl sites for hydroxylation is 1. The quantitative estimate of drug-likeness (QED) is 0.922. The first-order valence-corrected chi connectivity index (χ1v) is 6.95. The first-order chi connectivity index (χ1) is 10.5. The summed E-state index contributed by atoms with van der Waals surface area (Å²) in [4.78, 5) is 11.4. The number of ether oxygens (including phenoxy) is 2. The van der Waals surface area contributed by atoms with E-state index in [2.05, 4.69) is 5.32 Å². The minimum Gasteiger partial charge on any atom is -0.488 e. The van der Waals surface area contributed by atoms with Crippen LogP contribution in [0.2, 0.25) is 5.02 Å². The summed E-state index contributed by atoms with van der Waals surface area (Å²) in [5, 5.41) is 2.78. The van der Waals surface area contributed by atoms with Gasteiger partial charge in [0, 0.05) is 7.05 Å². The van der Waals surface area contributed by atoms with Gasteiger partial charge in [0.05, 0.1) is 10.6 Å². The van der Waals surface area contributed by atoms with E-state index >= 15 is 0 Å². The molecule has 0 aliphatic carbocycles. The number of carbonyl (C=O) groups excluding carboxylic acids is 1. The highest BCUT2D eigenvalue weighted by Crippen LogP contribution is 2.29. The van der Waals surface area contributed by atoms with Crippen molar-refractivity contribution in [2.24, 2.45) is 0 Å². The molecule has 0 radical (unpaired) electrons. The van der Waals surface area contributed by atoms with Gasteiger partial charge in [0.1, 0.15) is 23.9 Å². The van der Waals surface area contributed by atoms with Crippen molar-refractivity contribution in [3.8, 4) is 11.5 Å². The van der Waals surface area contributed by atoms with Crippen LogP contribution in [0.15, 0.2) is 36.4 Å². The minimum absolute atomic E-state index is 0.0957. The van der Waals surface area contributed by atoms with Gasteiger partial charge in [-0.25, -0.2) is 9.18 Å². The van der Waals surface area contributed by atoms with Gasteiger partial charge >= 0.3 is 6.09 Å². The molecule has 2 rings (SSSR count). The second-order valence-corrected chi connectivity index (χ2v) is 4.96. The highest BCUT2D eigenvalue weighted by molar-refractivity contribution is 6.31. The Hall–Kier alpha value is -2.27. The maximum absolute atomic E-state index is 13.1. The van der Waals surface area contributed by atoms with Crippen LogP contribution in [0.5, 0.6) is 11.5 Å². The summed E-state index contributed by atoms with van der Waals surface area (Å²) in [6.45, 7) is 1.84. The molecule has 1 amide bonds. The fourth-order valence-electron chi connectivity index (χ4n) is 1.85. The van der Waals surface area contributed by atoms with Crippen molar-refractivity contribution in [3.63, 3.8) is 0 Å². The fourth-order valence-corrected chi connectivity index (χ4v) is 2.07. The van der Waals surface area contributed by atoms with Crippen LogP contribution in [0.25, 0.3) is 0 Å². The smallest absolute Gasteiger partial charge is 0.412 e. The summed E-state index contributed by atoms with van der Waals surface area (Å²) in [6.07, 6.45) is -0.596. The van der Waals surface area contributed by atoms with Gasteiger partial charge in [-0.05, 0) is 42.8 Å². The van der Waals surface area contributed by atoms with Crippen LogP contribution in [0.1, 0.15) is 11.1 Å². The molecule has 0 unspecified atom stereocenters. The van der Waals surface area contributed by atoms with Gasteiger partial charge in [-0.15, -0.1) is 0 Å². The third-order valence-corrected chi connectivity index (χ3v) is 3.35. The summed E-state index contributed by atoms with van der Waals surface area (Å²) >= 11 is 6.14. The van der Waals surface area contributed by atoms with Crippen molar-refractivity contribution in [2.45, 2.75) is 13.5 Å². The first-order valence-electron chi connectivity index (χ1n) is 6.57. The summed E-state index contributed by atoms with van der Waals surface area (Å²) < 4.78 is 23.9. The number of rotatable bonds is 4. The lowest BCUT2D eigenvalue weighted by Gasteiger charge is -2.13. The van der Waals surface area contributed by atoms with Crippen LogP contribution in [0.3, 0.4) is 0 Å². The molecular weight excluding hydrogens is 309 g/mol. The maximum Gasteiger partial charge on any atom is 0.412 e. The standard InChI is InChI=1S/C16H15ClFNO3/c1-10-8-11(18)6-7-14(10)21-9-12-13(17)4-3-5-15(12)22-16(20)19-2/h3-8H,9H2,1-2H3,(H,19,20). The molecule has 4 nitrogen and oxygen atoms in total. The fraction of sp³-hybridized carbons (Fsp3) is 0.188. The molecule has 0 aromatic heterocycles. The third-order valence-electron chi connectivity index (χ3n) is 2.99. The maximum atomic E-state index is 13.1. The average molecular weight is 324 g/mol. The van der Waals surface area contributed by atoms with Crippen LogP contribution in [-0.2, 0) is 6.61 Å². The molecule has 1 N–H and O–H groups in total. The van der Waals surface area contributed by atoms with Crippen LogP contribution in [0.4, 0.5) is 9.18 Å². The van der Waals surface area contributed by atoms with E-state index in [1.807, 2.05) is 0 Å². The number of amides is 1. The van der Waals surface area contributed by atoms with E-state index < -0.39 is 6.09 Å². The molecule has 0 saturated carbocycles. The molecule has 0 saturated heterocycles. The van der Waals surface area contributed by atoms with E-state index in [1.165, 1.54) is 19.2 Å². The molecule has 0 spiro atoms. The number of hydrogen-bond donors (Lipinski definition) is 1. The van der Waals surface area contributed by atoms with Gasteiger partial charge < -0.3 is 14.8 Å². The zero-order valence-corrected chi connectivity index (χ0v) is 12.9. The van der Waals surface area contributed by atoms with Crippen molar-refractivity contribution in [3.05, 3.63) is 58.4 Å². The van der Waals surface area contributed by atoms with E-state index in [0.717, 1.165) is 0 Å². The number of halogens is 2. The molecule has 0 atom stereocenters. The summed E-state index contributed by atoms with van der Waals surface area (Å²) in [5.41, 5.74) is 1.21. The van der Waals surface area contributed by atoms with Crippen LogP contribution in [-0.4, -0.2) is 13.1 Å². The molecule has 0 aliphatic heterocycles. The second kappa shape index (κ2) is 7.13. The van der Waals surface area contributed by atoms with Crippen molar-refractivity contribution < 1.29 is 18.7 Å². The minimum atomic E-state index is -0.596. The second-order valence-electron chi connectivity index (χ2n) is 4.55. The van der Waals surface area contributed by atoms with Gasteiger partial charge in [-0.1, -0.05) is 17.7 Å². The Morgan fingerprint density at radius 1 is 1.27 bits per heavy atom. The van der Waals surface area contributed by atoms with Gasteiger partial charge in [0.2, 0.25) is 0 Å². The average Bonchev–Trinajstić information content (AvgIpc) is 2.48. The molecule has 0 heterocycles. The Morgan fingerprint density at radius 2 is 2.05 bits per heavy atom. The van der Waals surface area contributed by atoms with Crippen molar-refractivity contribution in [2.75, 3.05) is 7.05 Å². The Balaban J connectivity index is 2.19. The number of hydrogen-bond acceptors (Lipinski definition) is 3. The van der Waals surface area contributed by atoms with Crippen LogP contribution < -0.4 is 14.8 Å². The number of nitrogens with one attached hydrogen (secondary N) is 1. The Labute approximate surface area is 132 Å². The molecule has 0 bridgehead atoms. The topological polar surface area (TPSA) is 47.6 Å². The predicted molar refractivity (Wildman–Crippen MR) is 82.0 cm³/mol.